The largest absolute Gasteiger partial charge is 0.322 e. The number of nitrogens with one attached hydrogen (secondary N) is 4. The molecule has 0 aliphatic heterocycles. The topological polar surface area (TPSA) is 116 Å². The van der Waals surface area contributed by atoms with E-state index < -0.39 is 0 Å². The number of carbonyl (C=O) groups excluding carboxylic acids is 4. The normalized spacial score (nSPS) is 10.4. The monoisotopic (exact) mass is 710 g/mol. The summed E-state index contributed by atoms with van der Waals surface area (Å²) in [7, 11) is 0. The van der Waals surface area contributed by atoms with Gasteiger partial charge < -0.3 is 21.3 Å². The SMILES string of the molecule is O=C(Nc1ccc(NC(=O)c2ccc(C(=O)Nc3ccc(NC(=O)c4ccccc4)cc3Br)cc2)c(Br)c1)c1ccccc1. The first-order valence-electron chi connectivity index (χ1n) is 13.3. The lowest BCUT2D eigenvalue weighted by atomic mass is 10.1. The van der Waals surface area contributed by atoms with E-state index in [2.05, 4.69) is 53.1 Å². The third-order valence-electron chi connectivity index (χ3n) is 6.43. The van der Waals surface area contributed by atoms with Crippen molar-refractivity contribution in [1.29, 1.82) is 0 Å². The van der Waals surface area contributed by atoms with Gasteiger partial charge in [0.15, 0.2) is 0 Å². The Morgan fingerprint density at radius 2 is 0.705 bits per heavy atom. The van der Waals surface area contributed by atoms with Crippen LogP contribution in [0.1, 0.15) is 41.4 Å². The molecular weight excluding hydrogens is 688 g/mol. The van der Waals surface area contributed by atoms with E-state index in [-0.39, 0.29) is 23.6 Å². The number of rotatable bonds is 8. The second kappa shape index (κ2) is 13.9. The van der Waals surface area contributed by atoms with Gasteiger partial charge in [-0.2, -0.15) is 0 Å². The van der Waals surface area contributed by atoms with Crippen molar-refractivity contribution < 1.29 is 19.2 Å². The lowest BCUT2D eigenvalue weighted by molar-refractivity contribution is 0.101. The Morgan fingerprint density at radius 1 is 0.386 bits per heavy atom. The van der Waals surface area contributed by atoms with Crippen molar-refractivity contribution in [3.8, 4) is 0 Å². The standard InChI is InChI=1S/C34H24Br2N4O4/c35-27-19-25(37-31(41)21-7-3-1-4-8-21)15-17-29(27)39-33(43)23-11-13-24(14-12-23)34(44)40-30-18-16-26(20-28(30)36)38-32(42)22-9-5-2-6-10-22/h1-20H,(H,37,41)(H,38,42)(H,39,43)(H,40,44). The highest BCUT2D eigenvalue weighted by Gasteiger charge is 2.14. The Balaban J connectivity index is 1.17. The van der Waals surface area contributed by atoms with E-state index in [4.69, 9.17) is 0 Å². The molecule has 0 aliphatic carbocycles. The minimum Gasteiger partial charge on any atom is -0.322 e. The van der Waals surface area contributed by atoms with E-state index >= 15 is 0 Å². The van der Waals surface area contributed by atoms with Crippen LogP contribution in [0.4, 0.5) is 22.7 Å². The van der Waals surface area contributed by atoms with Gasteiger partial charge in [-0.25, -0.2) is 0 Å². The second-order valence-electron chi connectivity index (χ2n) is 9.52. The molecule has 0 heterocycles. The number of halogens is 2. The molecule has 0 aliphatic rings. The van der Waals surface area contributed by atoms with Crippen molar-refractivity contribution in [2.75, 3.05) is 21.3 Å². The summed E-state index contributed by atoms with van der Waals surface area (Å²) in [5.41, 5.74) is 3.95. The number of anilines is 4. The summed E-state index contributed by atoms with van der Waals surface area (Å²) in [5.74, 6) is -1.21. The van der Waals surface area contributed by atoms with Crippen LogP contribution in [0.5, 0.6) is 0 Å². The number of hydrogen-bond acceptors (Lipinski definition) is 4. The first-order valence-corrected chi connectivity index (χ1v) is 14.9. The third kappa shape index (κ3) is 7.66. The molecule has 4 amide bonds. The van der Waals surface area contributed by atoms with Crippen molar-refractivity contribution in [2.24, 2.45) is 0 Å². The molecule has 4 N–H and O–H groups in total. The summed E-state index contributed by atoms with van der Waals surface area (Å²) < 4.78 is 1.17. The van der Waals surface area contributed by atoms with Gasteiger partial charge in [0.1, 0.15) is 0 Å². The molecule has 0 unspecified atom stereocenters. The molecule has 0 saturated carbocycles. The van der Waals surface area contributed by atoms with E-state index in [1.54, 1.807) is 109 Å². The fourth-order valence-electron chi connectivity index (χ4n) is 4.14. The Morgan fingerprint density at radius 3 is 1.05 bits per heavy atom. The van der Waals surface area contributed by atoms with Gasteiger partial charge in [0, 0.05) is 42.6 Å². The van der Waals surface area contributed by atoms with Gasteiger partial charge in [-0.1, -0.05) is 36.4 Å². The first-order chi connectivity index (χ1) is 21.3. The molecule has 44 heavy (non-hydrogen) atoms. The van der Waals surface area contributed by atoms with Gasteiger partial charge in [-0.15, -0.1) is 0 Å². The van der Waals surface area contributed by atoms with Crippen LogP contribution in [0.2, 0.25) is 0 Å². The van der Waals surface area contributed by atoms with Crippen LogP contribution < -0.4 is 21.3 Å². The van der Waals surface area contributed by atoms with Crippen LogP contribution in [0, 0.1) is 0 Å². The summed E-state index contributed by atoms with van der Waals surface area (Å²) in [5, 5.41) is 11.3. The van der Waals surface area contributed by atoms with E-state index in [1.807, 2.05) is 12.1 Å². The van der Waals surface area contributed by atoms with Crippen LogP contribution in [0.15, 0.2) is 130 Å². The van der Waals surface area contributed by atoms with Gasteiger partial charge in [0.25, 0.3) is 23.6 Å². The molecule has 0 bridgehead atoms. The molecule has 0 spiro atoms. The van der Waals surface area contributed by atoms with Gasteiger partial charge in [-0.3, -0.25) is 19.2 Å². The summed E-state index contributed by atoms with van der Waals surface area (Å²) in [4.78, 5) is 50.6. The molecular formula is C34H24Br2N4O4. The summed E-state index contributed by atoms with van der Waals surface area (Å²) >= 11 is 6.89. The highest BCUT2D eigenvalue weighted by atomic mass is 79.9. The predicted molar refractivity (Wildman–Crippen MR) is 179 cm³/mol. The molecule has 5 aromatic carbocycles. The lowest BCUT2D eigenvalue weighted by Crippen LogP contribution is -2.15. The van der Waals surface area contributed by atoms with E-state index in [0.717, 1.165) is 0 Å². The zero-order chi connectivity index (χ0) is 31.1. The highest BCUT2D eigenvalue weighted by Crippen LogP contribution is 2.28. The molecule has 0 fully saturated rings. The van der Waals surface area contributed by atoms with Crippen molar-refractivity contribution in [3.05, 3.63) is 153 Å². The van der Waals surface area contributed by atoms with Crippen LogP contribution in [-0.2, 0) is 0 Å². The van der Waals surface area contributed by atoms with E-state index in [9.17, 15) is 19.2 Å². The Hall–Kier alpha value is -5.06. The summed E-state index contributed by atoms with van der Waals surface area (Å²) in [6.07, 6.45) is 0. The van der Waals surface area contributed by atoms with Gasteiger partial charge >= 0.3 is 0 Å². The highest BCUT2D eigenvalue weighted by molar-refractivity contribution is 9.11. The van der Waals surface area contributed by atoms with Gasteiger partial charge in [0.05, 0.1) is 11.4 Å². The van der Waals surface area contributed by atoms with Gasteiger partial charge in [0.2, 0.25) is 0 Å². The maximum absolute atomic E-state index is 12.9. The maximum atomic E-state index is 12.9. The minimum atomic E-state index is -0.366. The first kappa shape index (κ1) is 30.4. The predicted octanol–water partition coefficient (Wildman–Crippen LogP) is 8.22. The third-order valence-corrected chi connectivity index (χ3v) is 7.74. The Bertz CT molecular complexity index is 1710. The molecule has 8 nitrogen and oxygen atoms in total. The smallest absolute Gasteiger partial charge is 0.255 e. The average molecular weight is 712 g/mol. The fourth-order valence-corrected chi connectivity index (χ4v) is 5.09. The average Bonchev–Trinajstić information content (AvgIpc) is 3.04. The van der Waals surface area contributed by atoms with Crippen molar-refractivity contribution in [1.82, 2.24) is 0 Å². The van der Waals surface area contributed by atoms with E-state index in [1.165, 1.54) is 0 Å². The molecule has 10 heteroatoms. The fraction of sp³-hybridized carbons (Fsp3) is 0. The van der Waals surface area contributed by atoms with E-state index in [0.29, 0.717) is 53.9 Å². The van der Waals surface area contributed by atoms with Crippen LogP contribution in [-0.4, -0.2) is 23.6 Å². The number of benzene rings is 5. The minimum absolute atomic E-state index is 0.241. The molecule has 218 valence electrons. The number of carbonyl (C=O) groups is 4. The quantitative estimate of drug-likeness (QED) is 0.130. The lowest BCUT2D eigenvalue weighted by Gasteiger charge is -2.12. The van der Waals surface area contributed by atoms with Crippen LogP contribution >= 0.6 is 31.9 Å². The second-order valence-corrected chi connectivity index (χ2v) is 11.2. The Labute approximate surface area is 270 Å². The molecule has 0 radical (unpaired) electrons. The molecule has 0 aromatic heterocycles. The summed E-state index contributed by atoms with van der Waals surface area (Å²) in [6.45, 7) is 0. The number of amides is 4. The van der Waals surface area contributed by atoms with Crippen LogP contribution in [0.25, 0.3) is 0 Å². The van der Waals surface area contributed by atoms with Crippen LogP contribution in [0.3, 0.4) is 0 Å². The molecule has 0 saturated heterocycles. The Kier molecular flexibility index (Phi) is 9.63. The zero-order valence-corrected chi connectivity index (χ0v) is 26.1. The zero-order valence-electron chi connectivity index (χ0n) is 22.9. The molecule has 5 aromatic rings. The van der Waals surface area contributed by atoms with Crippen molar-refractivity contribution >= 4 is 78.2 Å². The molecule has 5 rings (SSSR count). The van der Waals surface area contributed by atoms with Crippen molar-refractivity contribution in [3.63, 3.8) is 0 Å². The molecule has 0 atom stereocenters. The maximum Gasteiger partial charge on any atom is 0.255 e. The number of hydrogen-bond donors (Lipinski definition) is 4. The summed E-state index contributed by atoms with van der Waals surface area (Å²) in [6, 6.07) is 34.1. The van der Waals surface area contributed by atoms with Crippen molar-refractivity contribution in [2.45, 2.75) is 0 Å². The van der Waals surface area contributed by atoms with Gasteiger partial charge in [-0.05, 0) is 117 Å².